The first-order valence-electron chi connectivity index (χ1n) is 13.7. The zero-order chi connectivity index (χ0) is 24.1. The Morgan fingerprint density at radius 3 is 2.56 bits per heavy atom. The highest BCUT2D eigenvalue weighted by Gasteiger charge is 2.66. The minimum Gasteiger partial charge on any atom is -0.469 e. The Kier molecular flexibility index (Phi) is 7.09. The van der Waals surface area contributed by atoms with Gasteiger partial charge in [-0.05, 0) is 97.7 Å². The monoisotopic (exact) mass is 478 g/mol. The maximum atomic E-state index is 11.8. The lowest BCUT2D eigenvalue weighted by molar-refractivity contribution is -0.193. The van der Waals surface area contributed by atoms with E-state index in [1.54, 1.807) is 7.11 Å². The van der Waals surface area contributed by atoms with E-state index in [0.717, 1.165) is 32.1 Å². The van der Waals surface area contributed by atoms with Crippen molar-refractivity contribution in [1.29, 1.82) is 0 Å². The standard InChI is InChI=1S/C28H46O6/c1-17(6-7-24(29)31-5)21-14-23-26-25-20(9-11-28(21,26)3)27(2)10-8-19(32-15-30-4)12-18(27)13-22(25)33-16-34-23/h17-23,25-26H,6-16H2,1-5H3/t17-,18+,19-,20+,21-,22-,23+,25?,26?,27+,28-/m1/s1. The first kappa shape index (κ1) is 25.0. The SMILES string of the molecule is COCO[C@@H]1CC[C@@]2(C)[C@@H](C1)C[C@H]1OCO[C@H]3C[C@H]([C@H](C)CCC(=O)OC)[C@@]4(C)CC[C@H]2C1C34. The van der Waals surface area contributed by atoms with E-state index < -0.39 is 0 Å². The van der Waals surface area contributed by atoms with Crippen molar-refractivity contribution in [2.75, 3.05) is 27.8 Å². The number of carbonyl (C=O) groups excluding carboxylic acids is 1. The lowest BCUT2D eigenvalue weighted by atomic mass is 9.43. The number of hydrogen-bond donors (Lipinski definition) is 0. The molecule has 0 radical (unpaired) electrons. The summed E-state index contributed by atoms with van der Waals surface area (Å²) < 4.78 is 29.1. The lowest BCUT2D eigenvalue weighted by Gasteiger charge is -2.62. The van der Waals surface area contributed by atoms with E-state index in [-0.39, 0.29) is 17.5 Å². The van der Waals surface area contributed by atoms with E-state index in [1.165, 1.54) is 26.4 Å². The topological polar surface area (TPSA) is 63.2 Å². The van der Waals surface area contributed by atoms with Crippen molar-refractivity contribution >= 4 is 5.97 Å². The Morgan fingerprint density at radius 1 is 1.03 bits per heavy atom. The molecule has 6 nitrogen and oxygen atoms in total. The molecule has 5 aliphatic rings. The van der Waals surface area contributed by atoms with Gasteiger partial charge >= 0.3 is 5.97 Å². The highest BCUT2D eigenvalue weighted by atomic mass is 16.7. The molecule has 5 rings (SSSR count). The van der Waals surface area contributed by atoms with Crippen LogP contribution in [0.3, 0.4) is 0 Å². The first-order chi connectivity index (χ1) is 16.3. The maximum absolute atomic E-state index is 11.8. The van der Waals surface area contributed by atoms with E-state index in [4.69, 9.17) is 23.7 Å². The van der Waals surface area contributed by atoms with Crippen LogP contribution in [0.5, 0.6) is 0 Å². The number of esters is 1. The second-order valence-electron chi connectivity index (χ2n) is 12.6. The molecule has 0 spiro atoms. The van der Waals surface area contributed by atoms with Crippen LogP contribution in [-0.2, 0) is 28.5 Å². The van der Waals surface area contributed by atoms with Crippen LogP contribution >= 0.6 is 0 Å². The molecule has 1 heterocycles. The zero-order valence-electron chi connectivity index (χ0n) is 21.9. The van der Waals surface area contributed by atoms with Crippen molar-refractivity contribution < 1.29 is 28.5 Å². The molecule has 34 heavy (non-hydrogen) atoms. The second-order valence-corrected chi connectivity index (χ2v) is 12.6. The summed E-state index contributed by atoms with van der Waals surface area (Å²) in [6.07, 6.45) is 10.6. The molecule has 0 aromatic rings. The third kappa shape index (κ3) is 4.05. The van der Waals surface area contributed by atoms with Crippen LogP contribution in [0.25, 0.3) is 0 Å². The summed E-state index contributed by atoms with van der Waals surface area (Å²) in [6.45, 7) is 8.30. The molecule has 5 fully saturated rings. The van der Waals surface area contributed by atoms with Crippen LogP contribution < -0.4 is 0 Å². The van der Waals surface area contributed by atoms with Crippen LogP contribution in [0.1, 0.15) is 78.6 Å². The van der Waals surface area contributed by atoms with E-state index in [2.05, 4.69) is 20.8 Å². The molecule has 6 heteroatoms. The van der Waals surface area contributed by atoms with Crippen molar-refractivity contribution in [3.8, 4) is 0 Å². The average molecular weight is 479 g/mol. The van der Waals surface area contributed by atoms with Gasteiger partial charge in [0.1, 0.15) is 13.6 Å². The fraction of sp³-hybridized carbons (Fsp3) is 0.964. The van der Waals surface area contributed by atoms with Crippen LogP contribution in [0, 0.1) is 46.3 Å². The van der Waals surface area contributed by atoms with E-state index in [0.29, 0.717) is 73.1 Å². The summed E-state index contributed by atoms with van der Waals surface area (Å²) in [7, 11) is 3.20. The summed E-state index contributed by atoms with van der Waals surface area (Å²) >= 11 is 0. The minimum atomic E-state index is -0.0889. The Hall–Kier alpha value is -0.690. The molecular formula is C28H46O6. The summed E-state index contributed by atoms with van der Waals surface area (Å²) in [5.74, 6) is 3.49. The second kappa shape index (κ2) is 9.64. The predicted molar refractivity (Wildman–Crippen MR) is 128 cm³/mol. The Morgan fingerprint density at radius 2 is 1.79 bits per heavy atom. The fourth-order valence-corrected chi connectivity index (χ4v) is 9.63. The number of methoxy groups -OCH3 is 2. The molecule has 4 saturated carbocycles. The van der Waals surface area contributed by atoms with Crippen LogP contribution in [0.15, 0.2) is 0 Å². The van der Waals surface area contributed by atoms with Crippen molar-refractivity contribution in [3.63, 3.8) is 0 Å². The van der Waals surface area contributed by atoms with Gasteiger partial charge in [0.05, 0.1) is 25.4 Å². The molecule has 1 aliphatic heterocycles. The van der Waals surface area contributed by atoms with Gasteiger partial charge in [-0.3, -0.25) is 4.79 Å². The number of ether oxygens (including phenoxy) is 5. The van der Waals surface area contributed by atoms with Gasteiger partial charge in [0, 0.05) is 13.5 Å². The zero-order valence-corrected chi connectivity index (χ0v) is 21.9. The van der Waals surface area contributed by atoms with Crippen molar-refractivity contribution in [2.24, 2.45) is 46.3 Å². The number of carbonyl (C=O) groups is 1. The lowest BCUT2D eigenvalue weighted by Crippen LogP contribution is -2.59. The minimum absolute atomic E-state index is 0.0889. The van der Waals surface area contributed by atoms with Crippen molar-refractivity contribution in [2.45, 2.75) is 96.9 Å². The van der Waals surface area contributed by atoms with Crippen LogP contribution in [-0.4, -0.2) is 52.1 Å². The predicted octanol–water partition coefficient (Wildman–Crippen LogP) is 5.19. The smallest absolute Gasteiger partial charge is 0.305 e. The molecule has 0 N–H and O–H groups in total. The highest BCUT2D eigenvalue weighted by molar-refractivity contribution is 5.69. The molecule has 4 aliphatic carbocycles. The molecule has 194 valence electrons. The van der Waals surface area contributed by atoms with Gasteiger partial charge in [0.25, 0.3) is 0 Å². The van der Waals surface area contributed by atoms with E-state index in [1.807, 2.05) is 0 Å². The van der Waals surface area contributed by atoms with Gasteiger partial charge < -0.3 is 23.7 Å². The summed E-state index contributed by atoms with van der Waals surface area (Å²) in [5.41, 5.74) is 0.623. The van der Waals surface area contributed by atoms with Crippen molar-refractivity contribution in [1.82, 2.24) is 0 Å². The average Bonchev–Trinajstić information content (AvgIpc) is 3.00. The van der Waals surface area contributed by atoms with Gasteiger partial charge in [0.15, 0.2) is 0 Å². The molecule has 0 amide bonds. The Bertz CT molecular complexity index is 742. The Labute approximate surface area is 205 Å². The molecule has 0 aromatic heterocycles. The van der Waals surface area contributed by atoms with Crippen LogP contribution in [0.4, 0.5) is 0 Å². The molecule has 1 saturated heterocycles. The summed E-state index contributed by atoms with van der Waals surface area (Å²) in [6, 6.07) is 0. The molecule has 0 bridgehead atoms. The Balaban J connectivity index is 1.38. The highest BCUT2D eigenvalue weighted by Crippen LogP contribution is 2.69. The number of fused-ring (bicyclic) bond motifs is 2. The van der Waals surface area contributed by atoms with Gasteiger partial charge in [-0.15, -0.1) is 0 Å². The largest absolute Gasteiger partial charge is 0.469 e. The summed E-state index contributed by atoms with van der Waals surface area (Å²) in [5, 5.41) is 0. The quantitative estimate of drug-likeness (QED) is 0.371. The molecule has 2 unspecified atom stereocenters. The maximum Gasteiger partial charge on any atom is 0.305 e. The van der Waals surface area contributed by atoms with E-state index >= 15 is 0 Å². The normalized spacial score (nSPS) is 48.4. The fourth-order valence-electron chi connectivity index (χ4n) is 9.63. The molecular weight excluding hydrogens is 432 g/mol. The third-order valence-electron chi connectivity index (χ3n) is 11.4. The third-order valence-corrected chi connectivity index (χ3v) is 11.4. The van der Waals surface area contributed by atoms with E-state index in [9.17, 15) is 4.79 Å². The van der Waals surface area contributed by atoms with Crippen molar-refractivity contribution in [3.05, 3.63) is 0 Å². The number of hydrogen-bond acceptors (Lipinski definition) is 6. The van der Waals surface area contributed by atoms with Gasteiger partial charge in [-0.1, -0.05) is 20.8 Å². The molecule has 11 atom stereocenters. The van der Waals surface area contributed by atoms with Gasteiger partial charge in [0.2, 0.25) is 0 Å². The number of rotatable bonds is 7. The van der Waals surface area contributed by atoms with Gasteiger partial charge in [-0.2, -0.15) is 0 Å². The molecule has 0 aromatic carbocycles. The summed E-state index contributed by atoms with van der Waals surface area (Å²) in [4.78, 5) is 11.8. The van der Waals surface area contributed by atoms with Crippen LogP contribution in [0.2, 0.25) is 0 Å². The van der Waals surface area contributed by atoms with Gasteiger partial charge in [-0.25, -0.2) is 0 Å². The first-order valence-corrected chi connectivity index (χ1v) is 13.7.